The van der Waals surface area contributed by atoms with Gasteiger partial charge in [0.2, 0.25) is 0 Å². The van der Waals surface area contributed by atoms with Crippen molar-refractivity contribution >= 4 is 23.1 Å². The molecule has 0 radical (unpaired) electrons. The molecule has 0 bridgehead atoms. The van der Waals surface area contributed by atoms with Crippen LogP contribution in [-0.2, 0) is 11.3 Å². The maximum atomic E-state index is 11.8. The Morgan fingerprint density at radius 1 is 1.25 bits per heavy atom. The molecule has 2 rings (SSSR count). The lowest BCUT2D eigenvalue weighted by Gasteiger charge is -2.10. The summed E-state index contributed by atoms with van der Waals surface area (Å²) in [6.07, 6.45) is 0. The lowest BCUT2D eigenvalue weighted by atomic mass is 10.1. The predicted octanol–water partition coefficient (Wildman–Crippen LogP) is 3.32. The highest BCUT2D eigenvalue weighted by atomic mass is 32.1. The van der Waals surface area contributed by atoms with E-state index in [4.69, 9.17) is 9.47 Å². The first kappa shape index (κ1) is 14.3. The number of carbonyl (C=O) groups excluding carboxylic acids is 2. The molecule has 0 amide bonds. The first-order chi connectivity index (χ1) is 9.61. The van der Waals surface area contributed by atoms with Crippen molar-refractivity contribution < 1.29 is 19.1 Å². The largest absolute Gasteiger partial charge is 0.496 e. The normalized spacial score (nSPS) is 10.1. The number of hydrogen-bond donors (Lipinski definition) is 0. The van der Waals surface area contributed by atoms with Gasteiger partial charge in [0, 0.05) is 11.1 Å². The van der Waals surface area contributed by atoms with Gasteiger partial charge in [0.15, 0.2) is 5.78 Å². The number of ether oxygens (including phenoxy) is 2. The number of thiophene rings is 1. The van der Waals surface area contributed by atoms with Crippen LogP contribution >= 0.6 is 11.3 Å². The molecule has 1 aromatic carbocycles. The van der Waals surface area contributed by atoms with Crippen LogP contribution < -0.4 is 4.74 Å². The molecule has 0 N–H and O–H groups in total. The van der Waals surface area contributed by atoms with Crippen LogP contribution in [0.2, 0.25) is 0 Å². The van der Waals surface area contributed by atoms with Gasteiger partial charge in [-0.25, -0.2) is 4.79 Å². The molecule has 0 aliphatic rings. The Bertz CT molecular complexity index is 617. The van der Waals surface area contributed by atoms with Crippen LogP contribution in [-0.4, -0.2) is 18.9 Å². The quantitative estimate of drug-likeness (QED) is 0.626. The number of benzene rings is 1. The first-order valence-electron chi connectivity index (χ1n) is 6.00. The maximum absolute atomic E-state index is 11.8. The predicted molar refractivity (Wildman–Crippen MR) is 76.4 cm³/mol. The van der Waals surface area contributed by atoms with E-state index in [1.54, 1.807) is 30.3 Å². The average Bonchev–Trinajstić information content (AvgIpc) is 2.98. The van der Waals surface area contributed by atoms with Gasteiger partial charge in [0.05, 0.1) is 7.11 Å². The highest BCUT2D eigenvalue weighted by molar-refractivity contribution is 7.11. The number of rotatable bonds is 5. The standard InChI is InChI=1S/C15H14O4S/c1-10(16)11-5-6-13(18-2)12(8-11)9-19-15(17)14-4-3-7-20-14/h3-8H,9H2,1-2H3. The Morgan fingerprint density at radius 3 is 2.65 bits per heavy atom. The number of esters is 1. The van der Waals surface area contributed by atoms with E-state index in [1.165, 1.54) is 25.4 Å². The molecule has 0 saturated heterocycles. The van der Waals surface area contributed by atoms with Gasteiger partial charge in [-0.2, -0.15) is 0 Å². The van der Waals surface area contributed by atoms with E-state index in [0.717, 1.165) is 0 Å². The van der Waals surface area contributed by atoms with Gasteiger partial charge >= 0.3 is 5.97 Å². The van der Waals surface area contributed by atoms with Crippen molar-refractivity contribution in [3.8, 4) is 5.75 Å². The summed E-state index contributed by atoms with van der Waals surface area (Å²) < 4.78 is 10.4. The molecule has 0 atom stereocenters. The van der Waals surface area contributed by atoms with Crippen molar-refractivity contribution in [3.05, 3.63) is 51.7 Å². The van der Waals surface area contributed by atoms with E-state index in [1.807, 2.05) is 5.38 Å². The first-order valence-corrected chi connectivity index (χ1v) is 6.88. The van der Waals surface area contributed by atoms with Gasteiger partial charge in [-0.1, -0.05) is 6.07 Å². The molecule has 1 heterocycles. The number of hydrogen-bond acceptors (Lipinski definition) is 5. The molecule has 0 spiro atoms. The fourth-order valence-electron chi connectivity index (χ4n) is 1.72. The summed E-state index contributed by atoms with van der Waals surface area (Å²) in [7, 11) is 1.54. The summed E-state index contributed by atoms with van der Waals surface area (Å²) in [6, 6.07) is 8.56. The third-order valence-electron chi connectivity index (χ3n) is 2.77. The van der Waals surface area contributed by atoms with Gasteiger partial charge < -0.3 is 9.47 Å². The summed E-state index contributed by atoms with van der Waals surface area (Å²) >= 11 is 1.32. The van der Waals surface area contributed by atoms with E-state index < -0.39 is 0 Å². The molecule has 104 valence electrons. The zero-order chi connectivity index (χ0) is 14.5. The summed E-state index contributed by atoms with van der Waals surface area (Å²) in [5.74, 6) is 0.169. The van der Waals surface area contributed by atoms with Crippen LogP contribution in [0.3, 0.4) is 0 Å². The minimum atomic E-state index is -0.379. The molecule has 0 fully saturated rings. The van der Waals surface area contributed by atoms with Crippen molar-refractivity contribution in [1.82, 2.24) is 0 Å². The van der Waals surface area contributed by atoms with Crippen LogP contribution in [0.4, 0.5) is 0 Å². The van der Waals surface area contributed by atoms with E-state index in [2.05, 4.69) is 0 Å². The van der Waals surface area contributed by atoms with Crippen molar-refractivity contribution in [2.75, 3.05) is 7.11 Å². The van der Waals surface area contributed by atoms with Gasteiger partial charge in [-0.05, 0) is 36.6 Å². The third kappa shape index (κ3) is 3.24. The Labute approximate surface area is 121 Å². The van der Waals surface area contributed by atoms with Gasteiger partial charge in [-0.15, -0.1) is 11.3 Å². The smallest absolute Gasteiger partial charge is 0.348 e. The zero-order valence-electron chi connectivity index (χ0n) is 11.2. The SMILES string of the molecule is COc1ccc(C(C)=O)cc1COC(=O)c1cccs1. The summed E-state index contributed by atoms with van der Waals surface area (Å²) in [5.41, 5.74) is 1.23. The van der Waals surface area contributed by atoms with Crippen molar-refractivity contribution in [3.63, 3.8) is 0 Å². The molecule has 2 aromatic rings. The third-order valence-corrected chi connectivity index (χ3v) is 3.62. The van der Waals surface area contributed by atoms with Gasteiger partial charge in [0.25, 0.3) is 0 Å². The van der Waals surface area contributed by atoms with Crippen LogP contribution in [0.25, 0.3) is 0 Å². The Morgan fingerprint density at radius 2 is 2.05 bits per heavy atom. The fourth-order valence-corrected chi connectivity index (χ4v) is 2.34. The van der Waals surface area contributed by atoms with Crippen molar-refractivity contribution in [1.29, 1.82) is 0 Å². The summed E-state index contributed by atoms with van der Waals surface area (Å²) in [6.45, 7) is 1.56. The Kier molecular flexibility index (Phi) is 4.53. The molecule has 0 saturated carbocycles. The van der Waals surface area contributed by atoms with E-state index in [0.29, 0.717) is 21.8 Å². The van der Waals surface area contributed by atoms with Crippen LogP contribution in [0.15, 0.2) is 35.7 Å². The second kappa shape index (κ2) is 6.34. The second-order valence-corrected chi connectivity index (χ2v) is 5.08. The minimum absolute atomic E-state index is 0.0431. The molecule has 1 aromatic heterocycles. The number of methoxy groups -OCH3 is 1. The lowest BCUT2D eigenvalue weighted by Crippen LogP contribution is -2.05. The van der Waals surface area contributed by atoms with Gasteiger partial charge in [0.1, 0.15) is 17.2 Å². The molecule has 0 unspecified atom stereocenters. The average molecular weight is 290 g/mol. The molecular formula is C15H14O4S. The maximum Gasteiger partial charge on any atom is 0.348 e. The van der Waals surface area contributed by atoms with Crippen molar-refractivity contribution in [2.24, 2.45) is 0 Å². The number of carbonyl (C=O) groups is 2. The van der Waals surface area contributed by atoms with Crippen LogP contribution in [0.5, 0.6) is 5.75 Å². The molecular weight excluding hydrogens is 276 g/mol. The summed E-state index contributed by atoms with van der Waals surface area (Å²) in [5, 5.41) is 1.81. The van der Waals surface area contributed by atoms with Crippen LogP contribution in [0, 0.1) is 0 Å². The van der Waals surface area contributed by atoms with Crippen molar-refractivity contribution in [2.45, 2.75) is 13.5 Å². The molecule has 4 nitrogen and oxygen atoms in total. The number of ketones is 1. The molecule has 0 aliphatic carbocycles. The summed E-state index contributed by atoms with van der Waals surface area (Å²) in [4.78, 5) is 23.7. The highest BCUT2D eigenvalue weighted by Crippen LogP contribution is 2.22. The monoisotopic (exact) mass is 290 g/mol. The minimum Gasteiger partial charge on any atom is -0.496 e. The van der Waals surface area contributed by atoms with E-state index in [-0.39, 0.29) is 18.4 Å². The topological polar surface area (TPSA) is 52.6 Å². The van der Waals surface area contributed by atoms with E-state index >= 15 is 0 Å². The lowest BCUT2D eigenvalue weighted by molar-refractivity contribution is 0.0476. The fraction of sp³-hybridized carbons (Fsp3) is 0.200. The zero-order valence-corrected chi connectivity index (χ0v) is 12.0. The highest BCUT2D eigenvalue weighted by Gasteiger charge is 2.12. The van der Waals surface area contributed by atoms with Gasteiger partial charge in [-0.3, -0.25) is 4.79 Å². The Hall–Kier alpha value is -2.14. The van der Waals surface area contributed by atoms with Crippen LogP contribution in [0.1, 0.15) is 32.5 Å². The molecule has 0 aliphatic heterocycles. The number of Topliss-reactive ketones (excluding diaryl/α,β-unsaturated/α-hetero) is 1. The molecule has 5 heteroatoms. The second-order valence-electron chi connectivity index (χ2n) is 4.14. The molecule has 20 heavy (non-hydrogen) atoms. The Balaban J connectivity index is 2.13. The van der Waals surface area contributed by atoms with E-state index in [9.17, 15) is 9.59 Å².